The molecule has 8 heteroatoms. The van der Waals surface area contributed by atoms with Crippen molar-refractivity contribution in [1.29, 1.82) is 0 Å². The Kier molecular flexibility index (Phi) is 6.18. The molecule has 2 aromatic heterocycles. The van der Waals surface area contributed by atoms with E-state index in [2.05, 4.69) is 33.7 Å². The lowest BCUT2D eigenvalue weighted by atomic mass is 9.99. The van der Waals surface area contributed by atoms with Crippen LogP contribution in [0.4, 0.5) is 0 Å². The first-order valence-corrected chi connectivity index (χ1v) is 11.4. The molecular weight excluding hydrogens is 410 g/mol. The fourth-order valence-corrected chi connectivity index (χ4v) is 4.82. The molecule has 3 heterocycles. The number of nitrogens with zero attached hydrogens (tertiary/aromatic N) is 5. The molecule has 1 fully saturated rings. The Morgan fingerprint density at radius 1 is 1.19 bits per heavy atom. The van der Waals surface area contributed by atoms with Crippen molar-refractivity contribution < 1.29 is 9.59 Å². The molecule has 162 valence electrons. The van der Waals surface area contributed by atoms with E-state index in [1.807, 2.05) is 36.9 Å². The van der Waals surface area contributed by atoms with Crippen LogP contribution in [0, 0.1) is 13.8 Å². The SMILES string of the molecule is CCN1CCN(C(=O)Cn2nc(C)nc2C)[C@H](Cc2cccc(-c3cccs3)c2)C1=O. The minimum absolute atomic E-state index is 0.00937. The summed E-state index contributed by atoms with van der Waals surface area (Å²) in [5, 5.41) is 6.36. The maximum Gasteiger partial charge on any atom is 0.245 e. The van der Waals surface area contributed by atoms with E-state index in [9.17, 15) is 9.59 Å². The van der Waals surface area contributed by atoms with Crippen LogP contribution in [0.5, 0.6) is 0 Å². The number of hydrogen-bond donors (Lipinski definition) is 0. The van der Waals surface area contributed by atoms with Gasteiger partial charge in [0.05, 0.1) is 0 Å². The normalized spacial score (nSPS) is 16.7. The molecule has 0 saturated carbocycles. The molecule has 0 radical (unpaired) electrons. The standard InChI is InChI=1S/C23H27N5O2S/c1-4-26-10-11-27(22(29)15-28-17(3)24-16(2)25-28)20(23(26)30)14-18-7-5-8-19(13-18)21-9-6-12-31-21/h5-9,12-13,20H,4,10-11,14-15H2,1-3H3/t20-/m1/s1. The van der Waals surface area contributed by atoms with Crippen LogP contribution in [-0.4, -0.2) is 62.1 Å². The first-order valence-electron chi connectivity index (χ1n) is 10.6. The summed E-state index contributed by atoms with van der Waals surface area (Å²) in [6, 6.07) is 11.9. The van der Waals surface area contributed by atoms with Crippen LogP contribution in [0.25, 0.3) is 10.4 Å². The van der Waals surface area contributed by atoms with Crippen LogP contribution < -0.4 is 0 Å². The molecule has 7 nitrogen and oxygen atoms in total. The number of aromatic nitrogens is 3. The monoisotopic (exact) mass is 437 g/mol. The van der Waals surface area contributed by atoms with Crippen molar-refractivity contribution in [3.8, 4) is 10.4 Å². The molecule has 1 aliphatic heterocycles. The number of amides is 2. The van der Waals surface area contributed by atoms with Crippen LogP contribution in [-0.2, 0) is 22.6 Å². The average molecular weight is 438 g/mol. The molecule has 0 unspecified atom stereocenters. The molecule has 0 bridgehead atoms. The summed E-state index contributed by atoms with van der Waals surface area (Å²) in [6.07, 6.45) is 0.496. The highest BCUT2D eigenvalue weighted by Gasteiger charge is 2.37. The van der Waals surface area contributed by atoms with Gasteiger partial charge >= 0.3 is 0 Å². The second-order valence-electron chi connectivity index (χ2n) is 7.77. The third-order valence-corrected chi connectivity index (χ3v) is 6.61. The number of likely N-dealkylation sites (N-methyl/N-ethyl adjacent to an activating group) is 1. The van der Waals surface area contributed by atoms with Gasteiger partial charge in [-0.15, -0.1) is 11.3 Å². The van der Waals surface area contributed by atoms with E-state index in [0.29, 0.717) is 37.7 Å². The average Bonchev–Trinajstić information content (AvgIpc) is 3.39. The summed E-state index contributed by atoms with van der Waals surface area (Å²) in [7, 11) is 0. The van der Waals surface area contributed by atoms with Crippen LogP contribution in [0.15, 0.2) is 41.8 Å². The molecular formula is C23H27N5O2S. The van der Waals surface area contributed by atoms with Crippen molar-refractivity contribution >= 4 is 23.2 Å². The molecule has 0 spiro atoms. The fraction of sp³-hybridized carbons (Fsp3) is 0.391. The van der Waals surface area contributed by atoms with Gasteiger partial charge in [0.1, 0.15) is 24.2 Å². The number of aryl methyl sites for hydroxylation is 2. The summed E-state index contributed by atoms with van der Waals surface area (Å²) in [5.74, 6) is 1.25. The topological polar surface area (TPSA) is 71.3 Å². The minimum atomic E-state index is -0.510. The highest BCUT2D eigenvalue weighted by Crippen LogP contribution is 2.26. The molecule has 4 rings (SSSR count). The maximum absolute atomic E-state index is 13.2. The summed E-state index contributed by atoms with van der Waals surface area (Å²) in [6.45, 7) is 7.45. The smallest absolute Gasteiger partial charge is 0.245 e. The van der Waals surface area contributed by atoms with Gasteiger partial charge in [0.15, 0.2) is 0 Å². The van der Waals surface area contributed by atoms with Gasteiger partial charge in [-0.05, 0) is 43.3 Å². The summed E-state index contributed by atoms with van der Waals surface area (Å²) < 4.78 is 1.61. The number of rotatable bonds is 6. The number of piperazine rings is 1. The van der Waals surface area contributed by atoms with Crippen molar-refractivity contribution in [2.45, 2.75) is 39.8 Å². The molecule has 31 heavy (non-hydrogen) atoms. The molecule has 1 atom stereocenters. The van der Waals surface area contributed by atoms with Gasteiger partial charge in [-0.25, -0.2) is 9.67 Å². The number of hydrogen-bond acceptors (Lipinski definition) is 5. The Bertz CT molecular complexity index is 1080. The first-order chi connectivity index (χ1) is 15.0. The van der Waals surface area contributed by atoms with Gasteiger partial charge in [0, 0.05) is 30.9 Å². The first kappa shape index (κ1) is 21.2. The zero-order valence-electron chi connectivity index (χ0n) is 18.1. The van der Waals surface area contributed by atoms with E-state index in [4.69, 9.17) is 0 Å². The summed E-state index contributed by atoms with van der Waals surface area (Å²) in [4.78, 5) is 35.4. The Hall–Kier alpha value is -3.00. The highest BCUT2D eigenvalue weighted by molar-refractivity contribution is 7.13. The fourth-order valence-electron chi connectivity index (χ4n) is 4.10. The van der Waals surface area contributed by atoms with E-state index < -0.39 is 6.04 Å². The molecule has 1 saturated heterocycles. The minimum Gasteiger partial charge on any atom is -0.339 e. The Morgan fingerprint density at radius 2 is 2.03 bits per heavy atom. The highest BCUT2D eigenvalue weighted by atomic mass is 32.1. The van der Waals surface area contributed by atoms with E-state index >= 15 is 0 Å². The Morgan fingerprint density at radius 3 is 2.71 bits per heavy atom. The molecule has 1 aliphatic rings. The Balaban J connectivity index is 1.58. The van der Waals surface area contributed by atoms with Crippen LogP contribution in [0.1, 0.15) is 24.1 Å². The predicted molar refractivity (Wildman–Crippen MR) is 121 cm³/mol. The molecule has 3 aromatic rings. The molecule has 0 aliphatic carbocycles. The third kappa shape index (κ3) is 4.54. The van der Waals surface area contributed by atoms with E-state index in [1.165, 1.54) is 4.88 Å². The van der Waals surface area contributed by atoms with Crippen molar-refractivity contribution in [2.75, 3.05) is 19.6 Å². The summed E-state index contributed by atoms with van der Waals surface area (Å²) in [5.41, 5.74) is 2.18. The molecule has 0 N–H and O–H groups in total. The zero-order valence-corrected chi connectivity index (χ0v) is 18.9. The predicted octanol–water partition coefficient (Wildman–Crippen LogP) is 2.93. The lowest BCUT2D eigenvalue weighted by Gasteiger charge is -2.40. The number of carbonyl (C=O) groups excluding carboxylic acids is 2. The molecule has 2 amide bonds. The maximum atomic E-state index is 13.2. The summed E-state index contributed by atoms with van der Waals surface area (Å²) >= 11 is 1.69. The van der Waals surface area contributed by atoms with Crippen molar-refractivity contribution in [2.24, 2.45) is 0 Å². The second kappa shape index (κ2) is 9.01. The largest absolute Gasteiger partial charge is 0.339 e. The van der Waals surface area contributed by atoms with E-state index in [-0.39, 0.29) is 18.4 Å². The number of benzene rings is 1. The van der Waals surface area contributed by atoms with Crippen molar-refractivity contribution in [1.82, 2.24) is 24.6 Å². The van der Waals surface area contributed by atoms with Gasteiger partial charge in [-0.2, -0.15) is 5.10 Å². The number of thiophene rings is 1. The second-order valence-corrected chi connectivity index (χ2v) is 8.71. The van der Waals surface area contributed by atoms with E-state index in [0.717, 1.165) is 11.1 Å². The van der Waals surface area contributed by atoms with Crippen molar-refractivity contribution in [3.05, 3.63) is 59.0 Å². The number of carbonyl (C=O) groups is 2. The van der Waals surface area contributed by atoms with Crippen LogP contribution >= 0.6 is 11.3 Å². The lowest BCUT2D eigenvalue weighted by molar-refractivity contribution is -0.151. The van der Waals surface area contributed by atoms with Gasteiger partial charge in [-0.3, -0.25) is 9.59 Å². The van der Waals surface area contributed by atoms with Gasteiger partial charge in [-0.1, -0.05) is 30.3 Å². The Labute approximate surface area is 186 Å². The zero-order chi connectivity index (χ0) is 22.0. The lowest BCUT2D eigenvalue weighted by Crippen LogP contribution is -2.59. The van der Waals surface area contributed by atoms with Gasteiger partial charge in [0.2, 0.25) is 11.8 Å². The quantitative estimate of drug-likeness (QED) is 0.595. The molecule has 1 aromatic carbocycles. The van der Waals surface area contributed by atoms with E-state index in [1.54, 1.807) is 27.8 Å². The van der Waals surface area contributed by atoms with Gasteiger partial charge in [0.25, 0.3) is 0 Å². The van der Waals surface area contributed by atoms with Crippen LogP contribution in [0.3, 0.4) is 0 Å². The van der Waals surface area contributed by atoms with Crippen LogP contribution in [0.2, 0.25) is 0 Å². The van der Waals surface area contributed by atoms with Crippen molar-refractivity contribution in [3.63, 3.8) is 0 Å². The van der Waals surface area contributed by atoms with Gasteiger partial charge < -0.3 is 9.80 Å². The third-order valence-electron chi connectivity index (χ3n) is 5.70.